The van der Waals surface area contributed by atoms with Crippen LogP contribution in [0.2, 0.25) is 10.0 Å². The molecule has 0 saturated carbocycles. The number of aromatic nitrogens is 1. The third-order valence-electron chi connectivity index (χ3n) is 5.35. The van der Waals surface area contributed by atoms with Gasteiger partial charge in [-0.1, -0.05) is 47.5 Å². The molecule has 7 heteroatoms. The number of pyridine rings is 1. The van der Waals surface area contributed by atoms with Crippen LogP contribution in [0.3, 0.4) is 0 Å². The van der Waals surface area contributed by atoms with Crippen LogP contribution in [0.15, 0.2) is 79.0 Å². The van der Waals surface area contributed by atoms with Crippen LogP contribution < -0.4 is 10.1 Å². The minimum atomic E-state index is -0.710. The van der Waals surface area contributed by atoms with Crippen LogP contribution in [0, 0.1) is 0 Å². The molecule has 0 unspecified atom stereocenters. The van der Waals surface area contributed by atoms with Crippen molar-refractivity contribution in [3.05, 3.63) is 100 Å². The second-order valence-corrected chi connectivity index (χ2v) is 8.65. The Hall–Kier alpha value is -2.67. The lowest BCUT2D eigenvalue weighted by Crippen LogP contribution is -2.37. The zero-order chi connectivity index (χ0) is 23.2. The van der Waals surface area contributed by atoms with E-state index in [-0.39, 0.29) is 12.6 Å². The van der Waals surface area contributed by atoms with Crippen molar-refractivity contribution < 1.29 is 14.9 Å². The van der Waals surface area contributed by atoms with Gasteiger partial charge in [-0.2, -0.15) is 0 Å². The molecular formula is C26H24Cl2N2O3. The second kappa shape index (κ2) is 11.0. The number of rotatable bonds is 9. The van der Waals surface area contributed by atoms with Gasteiger partial charge in [-0.15, -0.1) is 0 Å². The third kappa shape index (κ3) is 6.22. The van der Waals surface area contributed by atoms with Crippen molar-refractivity contribution >= 4 is 34.1 Å². The number of aliphatic hydroxyl groups is 2. The summed E-state index contributed by atoms with van der Waals surface area (Å²) in [6.07, 6.45) is 1.59. The summed E-state index contributed by atoms with van der Waals surface area (Å²) in [5.41, 5.74) is 2.55. The van der Waals surface area contributed by atoms with Crippen molar-refractivity contribution in [2.24, 2.45) is 0 Å². The fourth-order valence-electron chi connectivity index (χ4n) is 3.60. The van der Waals surface area contributed by atoms with Crippen LogP contribution in [0.25, 0.3) is 10.9 Å². The van der Waals surface area contributed by atoms with Crippen LogP contribution in [0.1, 0.15) is 17.2 Å². The Labute approximate surface area is 202 Å². The van der Waals surface area contributed by atoms with E-state index in [1.165, 1.54) is 0 Å². The lowest BCUT2D eigenvalue weighted by molar-refractivity contribution is 0.158. The Morgan fingerprint density at radius 1 is 0.939 bits per heavy atom. The number of nitrogens with zero attached hydrogens (tertiary/aromatic N) is 1. The number of aliphatic hydroxyl groups excluding tert-OH is 2. The van der Waals surface area contributed by atoms with E-state index in [0.717, 1.165) is 22.0 Å². The zero-order valence-corrected chi connectivity index (χ0v) is 19.3. The maximum Gasteiger partial charge on any atom is 0.138 e. The van der Waals surface area contributed by atoms with E-state index in [9.17, 15) is 10.2 Å². The first-order valence-corrected chi connectivity index (χ1v) is 11.4. The highest BCUT2D eigenvalue weighted by atomic mass is 35.5. The van der Waals surface area contributed by atoms with E-state index < -0.39 is 6.10 Å². The predicted molar refractivity (Wildman–Crippen MR) is 132 cm³/mol. The van der Waals surface area contributed by atoms with E-state index in [2.05, 4.69) is 10.3 Å². The zero-order valence-electron chi connectivity index (χ0n) is 17.8. The molecule has 4 aromatic rings. The molecule has 3 aromatic carbocycles. The maximum absolute atomic E-state index is 10.4. The number of benzene rings is 3. The molecule has 4 rings (SSSR count). The van der Waals surface area contributed by atoms with E-state index in [1.807, 2.05) is 48.5 Å². The maximum atomic E-state index is 10.4. The molecule has 1 heterocycles. The molecule has 0 aliphatic carbocycles. The summed E-state index contributed by atoms with van der Waals surface area (Å²) < 4.78 is 6.06. The highest BCUT2D eigenvalue weighted by Gasteiger charge is 2.13. The second-order valence-electron chi connectivity index (χ2n) is 7.78. The predicted octanol–water partition coefficient (Wildman–Crippen LogP) is 5.56. The van der Waals surface area contributed by atoms with Crippen LogP contribution in [0.5, 0.6) is 11.5 Å². The highest BCUT2D eigenvalue weighted by Crippen LogP contribution is 2.30. The van der Waals surface area contributed by atoms with Crippen molar-refractivity contribution in [1.29, 1.82) is 0 Å². The van der Waals surface area contributed by atoms with E-state index >= 15 is 0 Å². The highest BCUT2D eigenvalue weighted by molar-refractivity contribution is 6.31. The van der Waals surface area contributed by atoms with Crippen molar-refractivity contribution in [3.8, 4) is 11.5 Å². The minimum Gasteiger partial charge on any atom is -0.457 e. The number of fused-ring (bicyclic) bond motifs is 1. The molecule has 2 atom stereocenters. The number of hydrogen-bond acceptors (Lipinski definition) is 5. The van der Waals surface area contributed by atoms with Crippen molar-refractivity contribution in [2.45, 2.75) is 18.6 Å². The standard InChI is InChI=1S/C26H24Cl2N2O3/c27-19-3-1-2-18(13-19)25(32)15-30-21(16-31)12-17-4-7-22(8-5-17)33-26-10-11-29-24-14-20(28)6-9-23(24)26/h1-11,13-14,21,25,30-32H,12,15-16H2/t21-,25-/m0/s1. The number of nitrogens with one attached hydrogen (secondary N) is 1. The molecule has 0 aliphatic heterocycles. The Morgan fingerprint density at radius 2 is 1.73 bits per heavy atom. The molecule has 0 bridgehead atoms. The lowest BCUT2D eigenvalue weighted by Gasteiger charge is -2.19. The Bertz CT molecular complexity index is 1220. The van der Waals surface area contributed by atoms with E-state index in [4.69, 9.17) is 27.9 Å². The van der Waals surface area contributed by atoms with Gasteiger partial charge >= 0.3 is 0 Å². The van der Waals surface area contributed by atoms with Gasteiger partial charge in [-0.3, -0.25) is 4.98 Å². The largest absolute Gasteiger partial charge is 0.457 e. The first-order chi connectivity index (χ1) is 16.0. The van der Waals surface area contributed by atoms with Gasteiger partial charge in [0.1, 0.15) is 11.5 Å². The van der Waals surface area contributed by atoms with Gasteiger partial charge in [0.15, 0.2) is 0 Å². The Balaban J connectivity index is 1.36. The van der Waals surface area contributed by atoms with Gasteiger partial charge in [-0.05, 0) is 66.1 Å². The third-order valence-corrected chi connectivity index (χ3v) is 5.82. The Kier molecular flexibility index (Phi) is 7.81. The number of halogens is 2. The topological polar surface area (TPSA) is 74.6 Å². The molecule has 0 saturated heterocycles. The molecule has 0 fully saturated rings. The molecule has 5 nitrogen and oxygen atoms in total. The van der Waals surface area contributed by atoms with Gasteiger partial charge in [0.25, 0.3) is 0 Å². The lowest BCUT2D eigenvalue weighted by atomic mass is 10.1. The fourth-order valence-corrected chi connectivity index (χ4v) is 3.97. The van der Waals surface area contributed by atoms with Crippen LogP contribution in [-0.4, -0.2) is 34.4 Å². The molecule has 170 valence electrons. The molecule has 0 spiro atoms. The molecule has 33 heavy (non-hydrogen) atoms. The molecule has 1 aromatic heterocycles. The summed E-state index contributed by atoms with van der Waals surface area (Å²) in [5, 5.41) is 25.5. The number of ether oxygens (including phenoxy) is 1. The van der Waals surface area contributed by atoms with E-state index in [0.29, 0.717) is 34.5 Å². The van der Waals surface area contributed by atoms with E-state index in [1.54, 1.807) is 30.5 Å². The van der Waals surface area contributed by atoms with Crippen LogP contribution in [0.4, 0.5) is 0 Å². The fraction of sp³-hybridized carbons (Fsp3) is 0.192. The van der Waals surface area contributed by atoms with Crippen LogP contribution >= 0.6 is 23.2 Å². The first-order valence-electron chi connectivity index (χ1n) is 10.6. The van der Waals surface area contributed by atoms with Gasteiger partial charge in [0.2, 0.25) is 0 Å². The van der Waals surface area contributed by atoms with Crippen molar-refractivity contribution in [2.75, 3.05) is 13.2 Å². The molecule has 0 radical (unpaired) electrons. The SMILES string of the molecule is OC[C@H](Cc1ccc(Oc2ccnc3cc(Cl)ccc23)cc1)NC[C@H](O)c1cccc(Cl)c1. The minimum absolute atomic E-state index is 0.0495. The first kappa shape index (κ1) is 23.5. The summed E-state index contributed by atoms with van der Waals surface area (Å²) in [6, 6.07) is 22.0. The molecule has 3 N–H and O–H groups in total. The molecule has 0 aliphatic rings. The monoisotopic (exact) mass is 482 g/mol. The van der Waals surface area contributed by atoms with Crippen molar-refractivity contribution in [3.63, 3.8) is 0 Å². The van der Waals surface area contributed by atoms with Gasteiger partial charge in [0, 0.05) is 34.2 Å². The normalized spacial score (nSPS) is 13.1. The summed E-state index contributed by atoms with van der Waals surface area (Å²) >= 11 is 12.1. The van der Waals surface area contributed by atoms with Gasteiger partial charge in [0.05, 0.1) is 18.2 Å². The van der Waals surface area contributed by atoms with Gasteiger partial charge < -0.3 is 20.3 Å². The van der Waals surface area contributed by atoms with Crippen molar-refractivity contribution in [1.82, 2.24) is 10.3 Å². The quantitative estimate of drug-likeness (QED) is 0.291. The summed E-state index contributed by atoms with van der Waals surface area (Å²) in [6.45, 7) is 0.262. The molecular weight excluding hydrogens is 459 g/mol. The summed E-state index contributed by atoms with van der Waals surface area (Å²) in [5.74, 6) is 1.40. The Morgan fingerprint density at radius 3 is 2.48 bits per heavy atom. The molecule has 0 amide bonds. The van der Waals surface area contributed by atoms with Gasteiger partial charge in [-0.25, -0.2) is 0 Å². The summed E-state index contributed by atoms with van der Waals surface area (Å²) in [4.78, 5) is 4.33. The summed E-state index contributed by atoms with van der Waals surface area (Å²) in [7, 11) is 0. The van der Waals surface area contributed by atoms with Crippen LogP contribution in [-0.2, 0) is 6.42 Å². The number of hydrogen-bond donors (Lipinski definition) is 3. The average Bonchev–Trinajstić information content (AvgIpc) is 2.82. The smallest absolute Gasteiger partial charge is 0.138 e. The average molecular weight is 483 g/mol.